The van der Waals surface area contributed by atoms with E-state index in [4.69, 9.17) is 5.73 Å². The molecule has 2 heterocycles. The standard InChI is InChI=1S/C11H23N3/c12-11(9-1-5-13-6-2-9)10-3-7-14-8-4-10/h9-11,13-14H,1-8,12H2. The maximum absolute atomic E-state index is 6.37. The lowest BCUT2D eigenvalue weighted by atomic mass is 9.79. The fraction of sp³-hybridized carbons (Fsp3) is 1.00. The van der Waals surface area contributed by atoms with Crippen LogP contribution in [0.5, 0.6) is 0 Å². The molecule has 0 radical (unpaired) electrons. The van der Waals surface area contributed by atoms with Crippen LogP contribution in [0.25, 0.3) is 0 Å². The molecule has 2 aliphatic heterocycles. The van der Waals surface area contributed by atoms with E-state index in [1.807, 2.05) is 0 Å². The fourth-order valence-corrected chi connectivity index (χ4v) is 2.84. The van der Waals surface area contributed by atoms with Crippen LogP contribution in [0.1, 0.15) is 25.7 Å². The minimum Gasteiger partial charge on any atom is -0.327 e. The van der Waals surface area contributed by atoms with E-state index in [0.717, 1.165) is 11.8 Å². The van der Waals surface area contributed by atoms with Crippen LogP contribution in [0.4, 0.5) is 0 Å². The highest BCUT2D eigenvalue weighted by Crippen LogP contribution is 2.25. The van der Waals surface area contributed by atoms with E-state index in [9.17, 15) is 0 Å². The van der Waals surface area contributed by atoms with Gasteiger partial charge in [-0.2, -0.15) is 0 Å². The van der Waals surface area contributed by atoms with E-state index in [1.165, 1.54) is 51.9 Å². The molecule has 3 heteroatoms. The van der Waals surface area contributed by atoms with Crippen LogP contribution in [0.3, 0.4) is 0 Å². The molecule has 2 rings (SSSR count). The van der Waals surface area contributed by atoms with Crippen LogP contribution in [-0.2, 0) is 0 Å². The zero-order valence-corrected chi connectivity index (χ0v) is 8.97. The third-order valence-corrected chi connectivity index (χ3v) is 3.86. The van der Waals surface area contributed by atoms with Crippen LogP contribution >= 0.6 is 0 Å². The molecule has 0 saturated carbocycles. The summed E-state index contributed by atoms with van der Waals surface area (Å²) >= 11 is 0. The van der Waals surface area contributed by atoms with Crippen molar-refractivity contribution in [2.45, 2.75) is 31.7 Å². The van der Waals surface area contributed by atoms with Gasteiger partial charge in [-0.05, 0) is 63.7 Å². The van der Waals surface area contributed by atoms with Crippen molar-refractivity contribution in [3.8, 4) is 0 Å². The highest BCUT2D eigenvalue weighted by Gasteiger charge is 2.28. The first-order valence-corrected chi connectivity index (χ1v) is 6.05. The van der Waals surface area contributed by atoms with Gasteiger partial charge in [0.15, 0.2) is 0 Å². The van der Waals surface area contributed by atoms with Gasteiger partial charge in [0, 0.05) is 6.04 Å². The van der Waals surface area contributed by atoms with Crippen LogP contribution in [0.15, 0.2) is 0 Å². The zero-order chi connectivity index (χ0) is 9.80. The van der Waals surface area contributed by atoms with Crippen molar-refractivity contribution in [1.82, 2.24) is 10.6 Å². The molecule has 0 aromatic heterocycles. The molecule has 3 nitrogen and oxygen atoms in total. The summed E-state index contributed by atoms with van der Waals surface area (Å²) in [6.07, 6.45) is 5.13. The van der Waals surface area contributed by atoms with Crippen LogP contribution in [-0.4, -0.2) is 32.2 Å². The van der Waals surface area contributed by atoms with Gasteiger partial charge in [-0.3, -0.25) is 0 Å². The van der Waals surface area contributed by atoms with Crippen LogP contribution in [0.2, 0.25) is 0 Å². The molecule has 0 bridgehead atoms. The maximum atomic E-state index is 6.37. The Morgan fingerprint density at radius 3 is 1.50 bits per heavy atom. The van der Waals surface area contributed by atoms with E-state index in [2.05, 4.69) is 10.6 Å². The number of rotatable bonds is 2. The van der Waals surface area contributed by atoms with Crippen LogP contribution < -0.4 is 16.4 Å². The van der Waals surface area contributed by atoms with Gasteiger partial charge < -0.3 is 16.4 Å². The van der Waals surface area contributed by atoms with Gasteiger partial charge in [-0.15, -0.1) is 0 Å². The first kappa shape index (κ1) is 10.4. The Morgan fingerprint density at radius 2 is 1.14 bits per heavy atom. The third kappa shape index (κ3) is 2.47. The lowest BCUT2D eigenvalue weighted by Gasteiger charge is -2.35. The predicted octanol–water partition coefficient (Wildman–Crippen LogP) is 0.313. The Labute approximate surface area is 86.8 Å². The number of hydrogen-bond donors (Lipinski definition) is 3. The number of nitrogens with two attached hydrogens (primary N) is 1. The van der Waals surface area contributed by atoms with Gasteiger partial charge >= 0.3 is 0 Å². The molecular formula is C11H23N3. The maximum Gasteiger partial charge on any atom is 0.00975 e. The summed E-state index contributed by atoms with van der Waals surface area (Å²) in [4.78, 5) is 0. The van der Waals surface area contributed by atoms with Crippen molar-refractivity contribution in [1.29, 1.82) is 0 Å². The van der Waals surface area contributed by atoms with Crippen LogP contribution in [0, 0.1) is 11.8 Å². The summed E-state index contributed by atoms with van der Waals surface area (Å²) < 4.78 is 0. The Kier molecular flexibility index (Phi) is 3.79. The van der Waals surface area contributed by atoms with E-state index < -0.39 is 0 Å². The minimum atomic E-state index is 0.458. The summed E-state index contributed by atoms with van der Waals surface area (Å²) in [5.41, 5.74) is 6.37. The first-order chi connectivity index (χ1) is 6.88. The van der Waals surface area contributed by atoms with Gasteiger partial charge in [0.1, 0.15) is 0 Å². The van der Waals surface area contributed by atoms with Gasteiger partial charge in [0.25, 0.3) is 0 Å². The average Bonchev–Trinajstić information content (AvgIpc) is 2.30. The topological polar surface area (TPSA) is 50.1 Å². The number of piperidine rings is 2. The Hall–Kier alpha value is -0.120. The summed E-state index contributed by atoms with van der Waals surface area (Å²) in [6.45, 7) is 4.68. The minimum absolute atomic E-state index is 0.458. The normalized spacial score (nSPS) is 27.0. The smallest absolute Gasteiger partial charge is 0.00975 e. The van der Waals surface area contributed by atoms with Gasteiger partial charge in [-0.1, -0.05) is 0 Å². The molecular weight excluding hydrogens is 174 g/mol. The molecule has 0 atom stereocenters. The van der Waals surface area contributed by atoms with E-state index in [1.54, 1.807) is 0 Å². The average molecular weight is 197 g/mol. The molecule has 0 aromatic rings. The molecule has 2 fully saturated rings. The SMILES string of the molecule is NC(C1CCNCC1)C1CCNCC1. The fourth-order valence-electron chi connectivity index (χ4n) is 2.84. The molecule has 0 amide bonds. The second-order valence-corrected chi connectivity index (χ2v) is 4.75. The Balaban J connectivity index is 1.82. The van der Waals surface area contributed by atoms with E-state index >= 15 is 0 Å². The summed E-state index contributed by atoms with van der Waals surface area (Å²) in [6, 6.07) is 0.458. The van der Waals surface area contributed by atoms with Crippen molar-refractivity contribution in [2.24, 2.45) is 17.6 Å². The molecule has 2 aliphatic rings. The Morgan fingerprint density at radius 1 is 0.786 bits per heavy atom. The monoisotopic (exact) mass is 197 g/mol. The largest absolute Gasteiger partial charge is 0.327 e. The summed E-state index contributed by atoms with van der Waals surface area (Å²) in [7, 11) is 0. The molecule has 4 N–H and O–H groups in total. The predicted molar refractivity (Wildman–Crippen MR) is 59.2 cm³/mol. The van der Waals surface area contributed by atoms with Crippen molar-refractivity contribution >= 4 is 0 Å². The van der Waals surface area contributed by atoms with E-state index in [-0.39, 0.29) is 0 Å². The van der Waals surface area contributed by atoms with Crippen molar-refractivity contribution < 1.29 is 0 Å². The molecule has 0 unspecified atom stereocenters. The van der Waals surface area contributed by atoms with Gasteiger partial charge in [-0.25, -0.2) is 0 Å². The summed E-state index contributed by atoms with van der Waals surface area (Å²) in [5.74, 6) is 1.55. The van der Waals surface area contributed by atoms with Gasteiger partial charge in [0.05, 0.1) is 0 Å². The second kappa shape index (κ2) is 5.10. The highest BCUT2D eigenvalue weighted by atomic mass is 14.9. The molecule has 0 spiro atoms. The number of nitrogens with one attached hydrogen (secondary N) is 2. The zero-order valence-electron chi connectivity index (χ0n) is 8.97. The molecule has 14 heavy (non-hydrogen) atoms. The number of hydrogen-bond acceptors (Lipinski definition) is 3. The summed E-state index contributed by atoms with van der Waals surface area (Å²) in [5, 5.41) is 6.81. The second-order valence-electron chi connectivity index (χ2n) is 4.75. The molecule has 0 aliphatic carbocycles. The van der Waals surface area contributed by atoms with Crippen molar-refractivity contribution in [3.05, 3.63) is 0 Å². The molecule has 82 valence electrons. The quantitative estimate of drug-likeness (QED) is 0.597. The van der Waals surface area contributed by atoms with Crippen molar-refractivity contribution in [3.63, 3.8) is 0 Å². The van der Waals surface area contributed by atoms with Gasteiger partial charge in [0.2, 0.25) is 0 Å². The lowest BCUT2D eigenvalue weighted by Crippen LogP contribution is -2.46. The Bertz CT molecular complexity index is 142. The first-order valence-electron chi connectivity index (χ1n) is 6.05. The molecule has 0 aromatic carbocycles. The highest BCUT2D eigenvalue weighted by molar-refractivity contribution is 4.85. The third-order valence-electron chi connectivity index (χ3n) is 3.86. The lowest BCUT2D eigenvalue weighted by molar-refractivity contribution is 0.218. The van der Waals surface area contributed by atoms with E-state index in [0.29, 0.717) is 6.04 Å². The molecule has 2 saturated heterocycles. The van der Waals surface area contributed by atoms with Crippen molar-refractivity contribution in [2.75, 3.05) is 26.2 Å².